The van der Waals surface area contributed by atoms with Gasteiger partial charge in [-0.25, -0.2) is 0 Å². The minimum Gasteiger partial charge on any atom is -0.454 e. The van der Waals surface area contributed by atoms with Gasteiger partial charge in [0.05, 0.1) is 18.2 Å². The van der Waals surface area contributed by atoms with Gasteiger partial charge >= 0.3 is 0 Å². The van der Waals surface area contributed by atoms with E-state index in [0.717, 1.165) is 67.6 Å². The molecule has 1 aliphatic carbocycles. The van der Waals surface area contributed by atoms with Crippen LogP contribution in [0.25, 0.3) is 0 Å². The highest BCUT2D eigenvalue weighted by molar-refractivity contribution is 5.79. The average molecular weight is 466 g/mol. The third kappa shape index (κ3) is 4.65. The number of aromatic nitrogens is 3. The zero-order valence-corrected chi connectivity index (χ0v) is 19.8. The second-order valence-electron chi connectivity index (χ2n) is 10.6. The predicted molar refractivity (Wildman–Crippen MR) is 126 cm³/mol. The molecule has 1 N–H and O–H groups in total. The maximum atomic E-state index is 13.0. The summed E-state index contributed by atoms with van der Waals surface area (Å²) in [6, 6.07) is 6.30. The Kier molecular flexibility index (Phi) is 6.16. The molecule has 3 saturated heterocycles. The second-order valence-corrected chi connectivity index (χ2v) is 10.6. The van der Waals surface area contributed by atoms with E-state index in [2.05, 4.69) is 26.7 Å². The highest BCUT2D eigenvalue weighted by Crippen LogP contribution is 2.37. The van der Waals surface area contributed by atoms with Crippen molar-refractivity contribution in [3.05, 3.63) is 35.7 Å². The van der Waals surface area contributed by atoms with E-state index < -0.39 is 0 Å². The van der Waals surface area contributed by atoms with E-state index in [4.69, 9.17) is 9.47 Å². The van der Waals surface area contributed by atoms with E-state index in [0.29, 0.717) is 18.5 Å². The highest BCUT2D eigenvalue weighted by Gasteiger charge is 2.43. The van der Waals surface area contributed by atoms with E-state index in [-0.39, 0.29) is 18.6 Å². The van der Waals surface area contributed by atoms with Crippen LogP contribution in [0.3, 0.4) is 0 Å². The SMILES string of the molecule is O=C(NCc1ccc2c(c1)OCO2)[C@@H]1CN2CC[C@H]1C[C@@H]2Cn1cc(CC2CCCCC2)nn1. The molecule has 1 amide bonds. The van der Waals surface area contributed by atoms with Gasteiger partial charge in [-0.3, -0.25) is 14.4 Å². The minimum atomic E-state index is 0.0663. The van der Waals surface area contributed by atoms with Gasteiger partial charge in [0, 0.05) is 25.3 Å². The van der Waals surface area contributed by atoms with Gasteiger partial charge in [-0.15, -0.1) is 5.10 Å². The summed E-state index contributed by atoms with van der Waals surface area (Å²) in [4.78, 5) is 15.5. The van der Waals surface area contributed by atoms with Crippen molar-refractivity contribution in [1.82, 2.24) is 25.2 Å². The zero-order valence-electron chi connectivity index (χ0n) is 19.8. The molecule has 4 aliphatic heterocycles. The van der Waals surface area contributed by atoms with Crippen LogP contribution in [-0.2, 0) is 24.3 Å². The molecule has 0 spiro atoms. The lowest BCUT2D eigenvalue weighted by Gasteiger charge is -2.49. The van der Waals surface area contributed by atoms with E-state index in [1.165, 1.54) is 32.1 Å². The number of hydrogen-bond donors (Lipinski definition) is 1. The van der Waals surface area contributed by atoms with Gasteiger partial charge in [-0.05, 0) is 55.3 Å². The fourth-order valence-corrected chi connectivity index (χ4v) is 6.42. The molecule has 1 aromatic heterocycles. The number of amides is 1. The van der Waals surface area contributed by atoms with Gasteiger partial charge in [0.2, 0.25) is 12.7 Å². The topological polar surface area (TPSA) is 81.5 Å². The first-order valence-corrected chi connectivity index (χ1v) is 13.0. The Hall–Kier alpha value is -2.61. The van der Waals surface area contributed by atoms with Crippen LogP contribution in [0.4, 0.5) is 0 Å². The first kappa shape index (κ1) is 21.9. The number of carbonyl (C=O) groups excluding carboxylic acids is 1. The predicted octanol–water partition coefficient (Wildman–Crippen LogP) is 3.16. The van der Waals surface area contributed by atoms with E-state index in [9.17, 15) is 4.79 Å². The molecule has 0 radical (unpaired) electrons. The summed E-state index contributed by atoms with van der Waals surface area (Å²) in [5.74, 6) is 2.99. The highest BCUT2D eigenvalue weighted by atomic mass is 16.7. The molecule has 182 valence electrons. The summed E-state index contributed by atoms with van der Waals surface area (Å²) in [6.45, 7) is 3.57. The molecule has 4 atom stereocenters. The van der Waals surface area contributed by atoms with Crippen LogP contribution < -0.4 is 14.8 Å². The van der Waals surface area contributed by atoms with Crippen LogP contribution >= 0.6 is 0 Å². The van der Waals surface area contributed by atoms with Crippen molar-refractivity contribution in [1.29, 1.82) is 0 Å². The summed E-state index contributed by atoms with van der Waals surface area (Å²) in [6.07, 6.45) is 12.2. The van der Waals surface area contributed by atoms with Crippen LogP contribution in [0, 0.1) is 17.8 Å². The van der Waals surface area contributed by atoms with Crippen LogP contribution in [0.2, 0.25) is 0 Å². The number of rotatable bonds is 7. The minimum absolute atomic E-state index is 0.0663. The molecular weight excluding hydrogens is 430 g/mol. The molecule has 8 heteroatoms. The number of hydrogen-bond acceptors (Lipinski definition) is 6. The molecule has 2 bridgehead atoms. The third-order valence-corrected chi connectivity index (χ3v) is 8.33. The molecule has 7 rings (SSSR count). The number of ether oxygens (including phenoxy) is 2. The van der Waals surface area contributed by atoms with Gasteiger partial charge in [-0.1, -0.05) is 43.4 Å². The van der Waals surface area contributed by atoms with E-state index in [1.54, 1.807) is 0 Å². The number of piperidine rings is 3. The van der Waals surface area contributed by atoms with Crippen molar-refractivity contribution in [2.75, 3.05) is 19.9 Å². The first-order chi connectivity index (χ1) is 16.7. The Labute approximate surface area is 201 Å². The number of fused-ring (bicyclic) bond motifs is 4. The van der Waals surface area contributed by atoms with Crippen molar-refractivity contribution in [2.45, 2.75) is 70.5 Å². The maximum Gasteiger partial charge on any atom is 0.231 e. The quantitative estimate of drug-likeness (QED) is 0.677. The van der Waals surface area contributed by atoms with Crippen molar-refractivity contribution in [3.8, 4) is 11.5 Å². The van der Waals surface area contributed by atoms with Crippen molar-refractivity contribution in [3.63, 3.8) is 0 Å². The maximum absolute atomic E-state index is 13.0. The molecule has 8 nitrogen and oxygen atoms in total. The molecule has 34 heavy (non-hydrogen) atoms. The van der Waals surface area contributed by atoms with E-state index in [1.807, 2.05) is 22.9 Å². The third-order valence-electron chi connectivity index (χ3n) is 8.33. The van der Waals surface area contributed by atoms with Crippen LogP contribution in [0.1, 0.15) is 56.2 Å². The lowest BCUT2D eigenvalue weighted by atomic mass is 9.75. The Balaban J connectivity index is 1.01. The zero-order chi connectivity index (χ0) is 22.9. The summed E-state index contributed by atoms with van der Waals surface area (Å²) < 4.78 is 12.9. The Morgan fingerprint density at radius 3 is 2.85 bits per heavy atom. The normalized spacial score (nSPS) is 28.2. The summed E-state index contributed by atoms with van der Waals surface area (Å²) >= 11 is 0. The van der Waals surface area contributed by atoms with Gasteiger partial charge in [0.1, 0.15) is 0 Å². The van der Waals surface area contributed by atoms with Crippen molar-refractivity contribution < 1.29 is 14.3 Å². The first-order valence-electron chi connectivity index (χ1n) is 13.0. The second kappa shape index (κ2) is 9.56. The Morgan fingerprint density at radius 2 is 2.00 bits per heavy atom. The lowest BCUT2D eigenvalue weighted by Crippen LogP contribution is -2.58. The van der Waals surface area contributed by atoms with Gasteiger partial charge < -0.3 is 14.8 Å². The molecule has 1 aromatic carbocycles. The summed E-state index contributed by atoms with van der Waals surface area (Å²) in [5, 5.41) is 12.1. The van der Waals surface area contributed by atoms with Crippen molar-refractivity contribution >= 4 is 5.91 Å². The molecule has 1 unspecified atom stereocenters. The molecule has 2 aromatic rings. The monoisotopic (exact) mass is 465 g/mol. The molecule has 4 fully saturated rings. The Bertz CT molecular complexity index is 1020. The van der Waals surface area contributed by atoms with Gasteiger partial charge in [-0.2, -0.15) is 0 Å². The van der Waals surface area contributed by atoms with Gasteiger partial charge in [0.25, 0.3) is 0 Å². The summed E-state index contributed by atoms with van der Waals surface area (Å²) in [7, 11) is 0. The largest absolute Gasteiger partial charge is 0.454 e. The molecule has 5 heterocycles. The number of nitrogens with zero attached hydrogens (tertiary/aromatic N) is 4. The number of carbonyl (C=O) groups is 1. The molecule has 5 aliphatic rings. The van der Waals surface area contributed by atoms with Crippen LogP contribution in [0.15, 0.2) is 24.4 Å². The molecule has 1 saturated carbocycles. The lowest BCUT2D eigenvalue weighted by molar-refractivity contribution is -0.133. The standard InChI is InChI=1S/C26H35N5O3/c32-26(27-13-19-6-7-24-25(11-19)34-17-33-24)23-16-30-9-8-20(23)12-22(30)15-31-14-21(28-29-31)10-18-4-2-1-3-5-18/h6-7,11,14,18,20,22-23H,1-5,8-10,12-13,15-17H2,(H,27,32)/t20-,22+,23+/m0/s1. The van der Waals surface area contributed by atoms with E-state index >= 15 is 0 Å². The smallest absolute Gasteiger partial charge is 0.231 e. The van der Waals surface area contributed by atoms with Crippen molar-refractivity contribution in [2.24, 2.45) is 17.8 Å². The fourth-order valence-electron chi connectivity index (χ4n) is 6.42. The van der Waals surface area contributed by atoms with Crippen LogP contribution in [-0.4, -0.2) is 51.7 Å². The van der Waals surface area contributed by atoms with Gasteiger partial charge in [0.15, 0.2) is 11.5 Å². The average Bonchev–Trinajstić information content (AvgIpc) is 3.52. The van der Waals surface area contributed by atoms with Crippen LogP contribution in [0.5, 0.6) is 11.5 Å². The summed E-state index contributed by atoms with van der Waals surface area (Å²) in [5.41, 5.74) is 2.18. The number of benzene rings is 1. The number of nitrogens with one attached hydrogen (secondary N) is 1. The Morgan fingerprint density at radius 1 is 1.12 bits per heavy atom. The fraction of sp³-hybridized carbons (Fsp3) is 0.654. The molecular formula is C26H35N5O3.